The quantitative estimate of drug-likeness (QED) is 0.760. The van der Waals surface area contributed by atoms with Crippen LogP contribution in [0.5, 0.6) is 0 Å². The van der Waals surface area contributed by atoms with E-state index >= 15 is 0 Å². The van der Waals surface area contributed by atoms with Gasteiger partial charge in [0.2, 0.25) is 5.91 Å². The van der Waals surface area contributed by atoms with Gasteiger partial charge in [-0.2, -0.15) is 0 Å². The smallest absolute Gasteiger partial charge is 0.225 e. The maximum atomic E-state index is 13.5. The van der Waals surface area contributed by atoms with Crippen molar-refractivity contribution >= 4 is 17.4 Å². The number of hydrogen-bond donors (Lipinski definition) is 3. The van der Waals surface area contributed by atoms with Crippen LogP contribution in [0.4, 0.5) is 15.9 Å². The fourth-order valence-electron chi connectivity index (χ4n) is 1.75. The van der Waals surface area contributed by atoms with Crippen molar-refractivity contribution in [3.05, 3.63) is 54.0 Å². The number of nitrogens with zero attached hydrogens (tertiary/aromatic N) is 1. The minimum Gasteiger partial charge on any atom is -0.366 e. The van der Waals surface area contributed by atoms with Gasteiger partial charge in [-0.1, -0.05) is 18.2 Å². The normalized spacial score (nSPS) is 10.2. The lowest BCUT2D eigenvalue weighted by Crippen LogP contribution is -2.16. The zero-order valence-electron chi connectivity index (χ0n) is 11.5. The summed E-state index contributed by atoms with van der Waals surface area (Å²) < 4.78 is 13.5. The molecule has 0 aliphatic rings. The van der Waals surface area contributed by atoms with Gasteiger partial charge in [0.15, 0.2) is 0 Å². The summed E-state index contributed by atoms with van der Waals surface area (Å²) in [5.74, 6) is 0.206. The molecule has 0 fully saturated rings. The molecule has 0 bridgehead atoms. The number of carbonyl (C=O) groups is 1. The lowest BCUT2D eigenvalue weighted by Gasteiger charge is -2.08. The number of amides is 1. The number of anilines is 2. The van der Waals surface area contributed by atoms with E-state index in [2.05, 4.69) is 15.6 Å². The number of benzene rings is 1. The number of aromatic nitrogens is 1. The number of nitrogens with two attached hydrogens (primary N) is 1. The van der Waals surface area contributed by atoms with Gasteiger partial charge in [0.1, 0.15) is 11.6 Å². The largest absolute Gasteiger partial charge is 0.366 e. The summed E-state index contributed by atoms with van der Waals surface area (Å²) in [5.41, 5.74) is 6.47. The highest BCUT2D eigenvalue weighted by molar-refractivity contribution is 5.90. The van der Waals surface area contributed by atoms with E-state index in [1.165, 1.54) is 12.3 Å². The number of carbonyl (C=O) groups excluding carboxylic acids is 1. The Morgan fingerprint density at radius 1 is 1.24 bits per heavy atom. The molecule has 0 radical (unpaired) electrons. The first-order valence-corrected chi connectivity index (χ1v) is 6.62. The molecule has 5 nitrogen and oxygen atoms in total. The van der Waals surface area contributed by atoms with Gasteiger partial charge in [-0.25, -0.2) is 9.37 Å². The van der Waals surface area contributed by atoms with Crippen molar-refractivity contribution in [2.75, 3.05) is 17.2 Å². The molecule has 110 valence electrons. The molecule has 4 N–H and O–H groups in total. The Balaban J connectivity index is 1.91. The van der Waals surface area contributed by atoms with E-state index in [9.17, 15) is 9.18 Å². The van der Waals surface area contributed by atoms with Crippen LogP contribution in [0.3, 0.4) is 0 Å². The van der Waals surface area contributed by atoms with Crippen molar-refractivity contribution in [3.8, 4) is 0 Å². The molecular weight excluding hydrogens is 271 g/mol. The first-order valence-electron chi connectivity index (χ1n) is 6.62. The number of hydrogen-bond acceptors (Lipinski definition) is 4. The van der Waals surface area contributed by atoms with E-state index in [1.54, 1.807) is 30.3 Å². The van der Waals surface area contributed by atoms with Gasteiger partial charge in [0.25, 0.3) is 0 Å². The standard InChI is InChI=1S/C15H17FN4O/c16-13-4-2-1-3-11(13)9-18-14-6-5-12(10-19-14)20-15(21)7-8-17/h1-6,10H,7-9,17H2,(H,18,19)(H,20,21). The van der Waals surface area contributed by atoms with Crippen LogP contribution >= 0.6 is 0 Å². The first-order chi connectivity index (χ1) is 10.2. The topological polar surface area (TPSA) is 80.0 Å². The van der Waals surface area contributed by atoms with E-state index < -0.39 is 0 Å². The third kappa shape index (κ3) is 4.54. The number of nitrogens with one attached hydrogen (secondary N) is 2. The number of rotatable bonds is 6. The predicted octanol–water partition coefficient (Wildman–Crippen LogP) is 2.12. The van der Waals surface area contributed by atoms with Gasteiger partial charge < -0.3 is 16.4 Å². The SMILES string of the molecule is NCCC(=O)Nc1ccc(NCc2ccccc2F)nc1. The molecule has 1 aromatic carbocycles. The van der Waals surface area contributed by atoms with Crippen LogP contribution in [-0.2, 0) is 11.3 Å². The molecule has 2 rings (SSSR count). The third-order valence-corrected chi connectivity index (χ3v) is 2.84. The maximum Gasteiger partial charge on any atom is 0.225 e. The molecule has 21 heavy (non-hydrogen) atoms. The van der Waals surface area contributed by atoms with Crippen LogP contribution < -0.4 is 16.4 Å². The Kier molecular flexibility index (Phi) is 5.22. The molecular formula is C15H17FN4O. The summed E-state index contributed by atoms with van der Waals surface area (Å²) in [6.45, 7) is 0.653. The summed E-state index contributed by atoms with van der Waals surface area (Å²) in [4.78, 5) is 15.5. The fraction of sp³-hybridized carbons (Fsp3) is 0.200. The molecule has 0 unspecified atom stereocenters. The monoisotopic (exact) mass is 288 g/mol. The van der Waals surface area contributed by atoms with Gasteiger partial charge in [0, 0.05) is 25.1 Å². The lowest BCUT2D eigenvalue weighted by atomic mass is 10.2. The van der Waals surface area contributed by atoms with Crippen LogP contribution in [0.25, 0.3) is 0 Å². The summed E-state index contributed by atoms with van der Waals surface area (Å²) in [5, 5.41) is 5.71. The zero-order valence-corrected chi connectivity index (χ0v) is 11.5. The second-order valence-electron chi connectivity index (χ2n) is 4.46. The number of pyridine rings is 1. The Morgan fingerprint density at radius 3 is 2.71 bits per heavy atom. The van der Waals surface area contributed by atoms with Crippen molar-refractivity contribution < 1.29 is 9.18 Å². The molecule has 0 saturated carbocycles. The van der Waals surface area contributed by atoms with Gasteiger partial charge in [-0.3, -0.25) is 4.79 Å². The van der Waals surface area contributed by atoms with E-state index in [-0.39, 0.29) is 18.1 Å². The summed E-state index contributed by atoms with van der Waals surface area (Å²) >= 11 is 0. The van der Waals surface area contributed by atoms with E-state index in [0.29, 0.717) is 30.2 Å². The average Bonchev–Trinajstić information content (AvgIpc) is 2.48. The van der Waals surface area contributed by atoms with Gasteiger partial charge in [-0.05, 0) is 18.2 Å². The zero-order chi connectivity index (χ0) is 15.1. The van der Waals surface area contributed by atoms with Crippen LogP contribution in [0, 0.1) is 5.82 Å². The summed E-state index contributed by atoms with van der Waals surface area (Å²) in [6, 6.07) is 10.0. The first kappa shape index (κ1) is 14.9. The summed E-state index contributed by atoms with van der Waals surface area (Å²) in [7, 11) is 0. The molecule has 0 spiro atoms. The van der Waals surface area contributed by atoms with Crippen molar-refractivity contribution in [2.24, 2.45) is 5.73 Å². The van der Waals surface area contributed by atoms with Gasteiger partial charge >= 0.3 is 0 Å². The molecule has 1 aromatic heterocycles. The average molecular weight is 288 g/mol. The second kappa shape index (κ2) is 7.35. The minimum absolute atomic E-state index is 0.147. The maximum absolute atomic E-state index is 13.5. The van der Waals surface area contributed by atoms with E-state index in [1.807, 2.05) is 0 Å². The van der Waals surface area contributed by atoms with Crippen LogP contribution in [-0.4, -0.2) is 17.4 Å². The highest BCUT2D eigenvalue weighted by Crippen LogP contribution is 2.12. The van der Waals surface area contributed by atoms with E-state index in [0.717, 1.165) is 0 Å². The Labute approximate surface area is 122 Å². The third-order valence-electron chi connectivity index (χ3n) is 2.84. The highest BCUT2D eigenvalue weighted by atomic mass is 19.1. The molecule has 1 heterocycles. The van der Waals surface area contributed by atoms with Crippen molar-refractivity contribution in [3.63, 3.8) is 0 Å². The second-order valence-corrected chi connectivity index (χ2v) is 4.46. The van der Waals surface area contributed by atoms with Crippen LogP contribution in [0.2, 0.25) is 0 Å². The Morgan fingerprint density at radius 2 is 2.05 bits per heavy atom. The Bertz CT molecular complexity index is 601. The van der Waals surface area contributed by atoms with Crippen molar-refractivity contribution in [1.29, 1.82) is 0 Å². The molecule has 1 amide bonds. The molecule has 0 atom stereocenters. The Hall–Kier alpha value is -2.47. The molecule has 6 heteroatoms. The van der Waals surface area contributed by atoms with Crippen LogP contribution in [0.1, 0.15) is 12.0 Å². The fourth-order valence-corrected chi connectivity index (χ4v) is 1.75. The van der Waals surface area contributed by atoms with Gasteiger partial charge in [0.05, 0.1) is 11.9 Å². The van der Waals surface area contributed by atoms with E-state index in [4.69, 9.17) is 5.73 Å². The van der Waals surface area contributed by atoms with Crippen molar-refractivity contribution in [1.82, 2.24) is 4.98 Å². The lowest BCUT2D eigenvalue weighted by molar-refractivity contribution is -0.116. The molecule has 0 aliphatic carbocycles. The minimum atomic E-state index is -0.254. The summed E-state index contributed by atoms with van der Waals surface area (Å²) in [6.07, 6.45) is 1.81. The van der Waals surface area contributed by atoms with Crippen LogP contribution in [0.15, 0.2) is 42.6 Å². The predicted molar refractivity (Wildman–Crippen MR) is 80.3 cm³/mol. The van der Waals surface area contributed by atoms with Crippen molar-refractivity contribution in [2.45, 2.75) is 13.0 Å². The highest BCUT2D eigenvalue weighted by Gasteiger charge is 2.03. The molecule has 0 aliphatic heterocycles. The molecule has 0 saturated heterocycles. The number of halogens is 1. The van der Waals surface area contributed by atoms with Gasteiger partial charge in [-0.15, -0.1) is 0 Å². The molecule has 2 aromatic rings.